The van der Waals surface area contributed by atoms with Crippen LogP contribution in [0.3, 0.4) is 0 Å². The second-order valence-corrected chi connectivity index (χ2v) is 5.10. The molecule has 7 nitrogen and oxygen atoms in total. The Hall–Kier alpha value is -1.47. The quantitative estimate of drug-likeness (QED) is 0.781. The van der Waals surface area contributed by atoms with Gasteiger partial charge in [0.15, 0.2) is 0 Å². The number of nitrogens with zero attached hydrogens (tertiary/aromatic N) is 3. The standard InChI is InChI=1S/C12H20N4O3/c1-19-6-4-12(11(17)18)3-2-5-16(9-12)8-10-7-13-15-14-10/h7H,2-6,8-9H2,1H3,(H,17,18)(H,13,14,15)/t12-/m1/s1. The van der Waals surface area contributed by atoms with Crippen LogP contribution >= 0.6 is 0 Å². The van der Waals surface area contributed by atoms with Crippen LogP contribution in [0.25, 0.3) is 0 Å². The van der Waals surface area contributed by atoms with E-state index in [4.69, 9.17) is 4.74 Å². The first-order chi connectivity index (χ1) is 9.16. The zero-order valence-corrected chi connectivity index (χ0v) is 11.1. The first kappa shape index (κ1) is 14.0. The number of aromatic amines is 1. The van der Waals surface area contributed by atoms with Crippen LogP contribution in [0.15, 0.2) is 6.20 Å². The van der Waals surface area contributed by atoms with E-state index < -0.39 is 11.4 Å². The number of aliphatic carboxylic acids is 1. The molecule has 0 amide bonds. The summed E-state index contributed by atoms with van der Waals surface area (Å²) in [7, 11) is 1.60. The number of rotatable bonds is 6. The van der Waals surface area contributed by atoms with Gasteiger partial charge in [-0.05, 0) is 25.8 Å². The number of hydrogen-bond acceptors (Lipinski definition) is 5. The SMILES string of the molecule is COCC[C@]1(C(=O)O)CCCN(Cc2cn[nH]n2)C1. The van der Waals surface area contributed by atoms with E-state index in [-0.39, 0.29) is 0 Å². The van der Waals surface area contributed by atoms with Gasteiger partial charge in [0.05, 0.1) is 17.3 Å². The van der Waals surface area contributed by atoms with Crippen molar-refractivity contribution in [3.05, 3.63) is 11.9 Å². The number of aromatic nitrogens is 3. The Morgan fingerprint density at radius 3 is 3.16 bits per heavy atom. The first-order valence-electron chi connectivity index (χ1n) is 6.46. The number of hydrogen-bond donors (Lipinski definition) is 2. The number of carboxylic acids is 1. The summed E-state index contributed by atoms with van der Waals surface area (Å²) in [5, 5.41) is 19.9. The summed E-state index contributed by atoms with van der Waals surface area (Å²) in [4.78, 5) is 13.7. The van der Waals surface area contributed by atoms with Crippen molar-refractivity contribution in [2.75, 3.05) is 26.8 Å². The van der Waals surface area contributed by atoms with Crippen molar-refractivity contribution in [1.29, 1.82) is 0 Å². The Morgan fingerprint density at radius 2 is 2.53 bits per heavy atom. The molecule has 106 valence electrons. The summed E-state index contributed by atoms with van der Waals surface area (Å²) in [6, 6.07) is 0. The van der Waals surface area contributed by atoms with Gasteiger partial charge in [-0.2, -0.15) is 15.4 Å². The predicted octanol–water partition coefficient (Wildman–Crippen LogP) is 0.508. The Labute approximate surface area is 111 Å². The molecule has 1 saturated heterocycles. The van der Waals surface area contributed by atoms with Crippen molar-refractivity contribution in [3.63, 3.8) is 0 Å². The highest BCUT2D eigenvalue weighted by Gasteiger charge is 2.42. The maximum absolute atomic E-state index is 11.6. The third-order valence-corrected chi connectivity index (χ3v) is 3.74. The summed E-state index contributed by atoms with van der Waals surface area (Å²) in [6.07, 6.45) is 3.81. The van der Waals surface area contributed by atoms with Gasteiger partial charge in [0.2, 0.25) is 0 Å². The lowest BCUT2D eigenvalue weighted by molar-refractivity contribution is -0.154. The van der Waals surface area contributed by atoms with Crippen molar-refractivity contribution in [2.24, 2.45) is 5.41 Å². The Morgan fingerprint density at radius 1 is 1.68 bits per heavy atom. The van der Waals surface area contributed by atoms with Crippen molar-refractivity contribution in [2.45, 2.75) is 25.8 Å². The Balaban J connectivity index is 2.02. The molecule has 1 atom stereocenters. The van der Waals surface area contributed by atoms with Crippen LogP contribution in [0.1, 0.15) is 25.0 Å². The molecule has 0 radical (unpaired) electrons. The van der Waals surface area contributed by atoms with E-state index in [1.807, 2.05) is 0 Å². The van der Waals surface area contributed by atoms with Crippen LogP contribution in [0, 0.1) is 5.41 Å². The van der Waals surface area contributed by atoms with E-state index in [1.165, 1.54) is 0 Å². The number of carbonyl (C=O) groups is 1. The first-order valence-corrected chi connectivity index (χ1v) is 6.46. The van der Waals surface area contributed by atoms with Gasteiger partial charge in [-0.15, -0.1) is 0 Å². The molecule has 19 heavy (non-hydrogen) atoms. The maximum Gasteiger partial charge on any atom is 0.311 e. The van der Waals surface area contributed by atoms with Crippen LogP contribution in [0.4, 0.5) is 0 Å². The molecule has 2 N–H and O–H groups in total. The average Bonchev–Trinajstić information content (AvgIpc) is 2.89. The van der Waals surface area contributed by atoms with Gasteiger partial charge < -0.3 is 9.84 Å². The van der Waals surface area contributed by atoms with E-state index in [2.05, 4.69) is 20.3 Å². The zero-order valence-electron chi connectivity index (χ0n) is 11.1. The van der Waals surface area contributed by atoms with Gasteiger partial charge >= 0.3 is 5.97 Å². The second-order valence-electron chi connectivity index (χ2n) is 5.10. The number of carboxylic acid groups (broad SMARTS) is 1. The molecular formula is C12H20N4O3. The van der Waals surface area contributed by atoms with Gasteiger partial charge in [0.25, 0.3) is 0 Å². The van der Waals surface area contributed by atoms with E-state index in [1.54, 1.807) is 13.3 Å². The van der Waals surface area contributed by atoms with E-state index in [0.29, 0.717) is 32.5 Å². The lowest BCUT2D eigenvalue weighted by atomic mass is 9.77. The smallest absolute Gasteiger partial charge is 0.311 e. The number of likely N-dealkylation sites (tertiary alicyclic amines) is 1. The molecule has 1 fully saturated rings. The van der Waals surface area contributed by atoms with Crippen LogP contribution in [0.2, 0.25) is 0 Å². The summed E-state index contributed by atoms with van der Waals surface area (Å²) in [5.41, 5.74) is 0.144. The van der Waals surface area contributed by atoms with Gasteiger partial charge in [-0.1, -0.05) is 0 Å². The van der Waals surface area contributed by atoms with Crippen molar-refractivity contribution < 1.29 is 14.6 Å². The maximum atomic E-state index is 11.6. The topological polar surface area (TPSA) is 91.3 Å². The minimum Gasteiger partial charge on any atom is -0.481 e. The fraction of sp³-hybridized carbons (Fsp3) is 0.750. The monoisotopic (exact) mass is 268 g/mol. The van der Waals surface area contributed by atoms with Crippen LogP contribution < -0.4 is 0 Å². The third kappa shape index (κ3) is 3.30. The number of nitrogens with one attached hydrogen (secondary N) is 1. The van der Waals surface area contributed by atoms with Crippen LogP contribution in [0.5, 0.6) is 0 Å². The van der Waals surface area contributed by atoms with Crippen molar-refractivity contribution in [3.8, 4) is 0 Å². The van der Waals surface area contributed by atoms with Crippen molar-refractivity contribution in [1.82, 2.24) is 20.3 Å². The molecule has 2 rings (SSSR count). The summed E-state index contributed by atoms with van der Waals surface area (Å²) in [5.74, 6) is -0.727. The summed E-state index contributed by atoms with van der Waals surface area (Å²) in [6.45, 7) is 2.55. The van der Waals surface area contributed by atoms with Gasteiger partial charge in [0.1, 0.15) is 0 Å². The van der Waals surface area contributed by atoms with Gasteiger partial charge in [-0.3, -0.25) is 9.69 Å². The molecule has 1 aliphatic rings. The number of methoxy groups -OCH3 is 1. The molecular weight excluding hydrogens is 248 g/mol. The molecule has 1 aliphatic heterocycles. The minimum absolute atomic E-state index is 0.476. The second kappa shape index (κ2) is 6.12. The highest BCUT2D eigenvalue weighted by Crippen LogP contribution is 2.34. The zero-order chi connectivity index (χ0) is 13.7. The van der Waals surface area contributed by atoms with Crippen molar-refractivity contribution >= 4 is 5.97 Å². The lowest BCUT2D eigenvalue weighted by Gasteiger charge is -2.39. The highest BCUT2D eigenvalue weighted by molar-refractivity contribution is 5.75. The summed E-state index contributed by atoms with van der Waals surface area (Å²) >= 11 is 0. The third-order valence-electron chi connectivity index (χ3n) is 3.74. The van der Waals surface area contributed by atoms with Crippen LogP contribution in [-0.2, 0) is 16.1 Å². The number of H-pyrrole nitrogens is 1. The Bertz CT molecular complexity index is 409. The largest absolute Gasteiger partial charge is 0.481 e. The fourth-order valence-corrected chi connectivity index (χ4v) is 2.68. The molecule has 0 aliphatic carbocycles. The molecule has 1 aromatic heterocycles. The lowest BCUT2D eigenvalue weighted by Crippen LogP contribution is -2.48. The molecule has 0 unspecified atom stereocenters. The molecule has 0 saturated carbocycles. The van der Waals surface area contributed by atoms with E-state index >= 15 is 0 Å². The number of ether oxygens (including phenoxy) is 1. The normalized spacial score (nSPS) is 24.5. The fourth-order valence-electron chi connectivity index (χ4n) is 2.68. The molecule has 1 aromatic rings. The van der Waals surface area contributed by atoms with E-state index in [0.717, 1.165) is 18.7 Å². The van der Waals surface area contributed by atoms with E-state index in [9.17, 15) is 9.90 Å². The highest BCUT2D eigenvalue weighted by atomic mass is 16.5. The molecule has 0 spiro atoms. The predicted molar refractivity (Wildman–Crippen MR) is 67.5 cm³/mol. The average molecular weight is 268 g/mol. The molecule has 0 bridgehead atoms. The van der Waals surface area contributed by atoms with Gasteiger partial charge in [0, 0.05) is 26.8 Å². The van der Waals surface area contributed by atoms with Gasteiger partial charge in [-0.25, -0.2) is 0 Å². The Kier molecular flexibility index (Phi) is 4.49. The van der Waals surface area contributed by atoms with Crippen LogP contribution in [-0.4, -0.2) is 58.2 Å². The number of piperidine rings is 1. The summed E-state index contributed by atoms with van der Waals surface area (Å²) < 4.78 is 5.05. The minimum atomic E-state index is -0.727. The molecule has 7 heteroatoms. The molecule has 0 aromatic carbocycles. The molecule has 2 heterocycles.